The summed E-state index contributed by atoms with van der Waals surface area (Å²) in [6.07, 6.45) is -4.42. The zero-order chi connectivity index (χ0) is 21.8. The summed E-state index contributed by atoms with van der Waals surface area (Å²) in [6.45, 7) is 3.77. The molecule has 0 saturated carbocycles. The fourth-order valence-corrected chi connectivity index (χ4v) is 3.70. The SMILES string of the molecule is Cc1ccc2c(c1)c1cc(C(F)(F)F)ccc1n2-c1cccc(Oc2cc(C)[nH]n2)n1. The van der Waals surface area contributed by atoms with E-state index in [1.807, 2.05) is 36.6 Å². The van der Waals surface area contributed by atoms with Gasteiger partial charge < -0.3 is 4.74 Å². The van der Waals surface area contributed by atoms with Gasteiger partial charge in [0, 0.05) is 28.6 Å². The number of nitrogens with one attached hydrogen (secondary N) is 1. The number of hydrogen-bond donors (Lipinski definition) is 1. The van der Waals surface area contributed by atoms with Crippen molar-refractivity contribution in [1.82, 2.24) is 19.7 Å². The standard InChI is InChI=1S/C23H17F3N4O/c1-13-6-8-18-16(10-13)17-12-15(23(24,25)26)7-9-19(17)30(18)20-4-3-5-21(27-20)31-22-11-14(2)28-29-22/h3-12H,1-2H3,(H,28,29). The summed E-state index contributed by atoms with van der Waals surface area (Å²) in [5.41, 5.74) is 2.53. The molecule has 0 atom stereocenters. The summed E-state index contributed by atoms with van der Waals surface area (Å²) in [5, 5.41) is 8.10. The van der Waals surface area contributed by atoms with Gasteiger partial charge in [-0.1, -0.05) is 17.7 Å². The molecule has 0 spiro atoms. The lowest BCUT2D eigenvalue weighted by molar-refractivity contribution is -0.137. The van der Waals surface area contributed by atoms with E-state index in [-0.39, 0.29) is 0 Å². The van der Waals surface area contributed by atoms with Crippen LogP contribution in [0.25, 0.3) is 27.6 Å². The van der Waals surface area contributed by atoms with E-state index in [1.54, 1.807) is 24.3 Å². The van der Waals surface area contributed by atoms with Gasteiger partial charge in [0.25, 0.3) is 0 Å². The molecule has 8 heteroatoms. The van der Waals surface area contributed by atoms with Crippen LogP contribution in [0.15, 0.2) is 60.7 Å². The molecule has 2 aromatic carbocycles. The largest absolute Gasteiger partial charge is 0.419 e. The smallest absolute Gasteiger partial charge is 0.416 e. The minimum absolute atomic E-state index is 0.332. The number of aromatic nitrogens is 4. The Morgan fingerprint density at radius 3 is 2.32 bits per heavy atom. The minimum Gasteiger partial charge on any atom is -0.419 e. The third-order valence-corrected chi connectivity index (χ3v) is 5.08. The van der Waals surface area contributed by atoms with Gasteiger partial charge in [0.05, 0.1) is 16.6 Å². The number of alkyl halides is 3. The van der Waals surface area contributed by atoms with Crippen LogP contribution in [0.1, 0.15) is 16.8 Å². The first-order chi connectivity index (χ1) is 14.8. The number of ether oxygens (including phenoxy) is 1. The molecule has 5 aromatic rings. The van der Waals surface area contributed by atoms with Crippen molar-refractivity contribution in [3.05, 3.63) is 77.5 Å². The molecule has 0 bridgehead atoms. The molecule has 0 amide bonds. The van der Waals surface area contributed by atoms with Gasteiger partial charge in [-0.3, -0.25) is 9.67 Å². The Morgan fingerprint density at radius 2 is 1.61 bits per heavy atom. The normalized spacial score (nSPS) is 12.0. The van der Waals surface area contributed by atoms with Crippen molar-refractivity contribution < 1.29 is 17.9 Å². The van der Waals surface area contributed by atoms with Gasteiger partial charge in [-0.05, 0) is 50.2 Å². The predicted molar refractivity (Wildman–Crippen MR) is 112 cm³/mol. The van der Waals surface area contributed by atoms with Crippen molar-refractivity contribution in [2.75, 3.05) is 0 Å². The van der Waals surface area contributed by atoms with Crippen molar-refractivity contribution >= 4 is 21.8 Å². The molecule has 0 unspecified atom stereocenters. The molecule has 3 heterocycles. The van der Waals surface area contributed by atoms with Crippen LogP contribution in [0.5, 0.6) is 11.8 Å². The second-order valence-electron chi connectivity index (χ2n) is 7.41. The molecule has 3 aromatic heterocycles. The topological polar surface area (TPSA) is 55.7 Å². The summed E-state index contributed by atoms with van der Waals surface area (Å²) in [4.78, 5) is 4.58. The molecule has 1 N–H and O–H groups in total. The van der Waals surface area contributed by atoms with Crippen LogP contribution in [0.3, 0.4) is 0 Å². The lowest BCUT2D eigenvalue weighted by atomic mass is 10.1. The molecule has 31 heavy (non-hydrogen) atoms. The first-order valence-electron chi connectivity index (χ1n) is 9.59. The number of aromatic amines is 1. The monoisotopic (exact) mass is 422 g/mol. The highest BCUT2D eigenvalue weighted by Crippen LogP contribution is 2.37. The summed E-state index contributed by atoms with van der Waals surface area (Å²) in [7, 11) is 0. The lowest BCUT2D eigenvalue weighted by Crippen LogP contribution is -2.04. The second kappa shape index (κ2) is 6.87. The first kappa shape index (κ1) is 19.2. The van der Waals surface area contributed by atoms with Crippen LogP contribution >= 0.6 is 0 Å². The quantitative estimate of drug-likeness (QED) is 0.370. The van der Waals surface area contributed by atoms with Crippen molar-refractivity contribution in [2.45, 2.75) is 20.0 Å². The average Bonchev–Trinajstić information content (AvgIpc) is 3.27. The van der Waals surface area contributed by atoms with Gasteiger partial charge in [-0.15, -0.1) is 5.10 Å². The Morgan fingerprint density at radius 1 is 0.871 bits per heavy atom. The van der Waals surface area contributed by atoms with E-state index in [1.165, 1.54) is 12.1 Å². The highest BCUT2D eigenvalue weighted by atomic mass is 19.4. The van der Waals surface area contributed by atoms with Gasteiger partial charge in [0.15, 0.2) is 0 Å². The van der Waals surface area contributed by atoms with Crippen LogP contribution in [0, 0.1) is 13.8 Å². The Kier molecular flexibility index (Phi) is 4.25. The van der Waals surface area contributed by atoms with E-state index in [2.05, 4.69) is 15.2 Å². The number of hydrogen-bond acceptors (Lipinski definition) is 3. The van der Waals surface area contributed by atoms with E-state index >= 15 is 0 Å². The van der Waals surface area contributed by atoms with Crippen LogP contribution < -0.4 is 4.74 Å². The fraction of sp³-hybridized carbons (Fsp3) is 0.130. The maximum atomic E-state index is 13.3. The minimum atomic E-state index is -4.42. The molecular weight excluding hydrogens is 405 g/mol. The van der Waals surface area contributed by atoms with Gasteiger partial charge in [-0.25, -0.2) is 0 Å². The molecule has 156 valence electrons. The zero-order valence-electron chi connectivity index (χ0n) is 16.7. The van der Waals surface area contributed by atoms with Crippen LogP contribution in [0.2, 0.25) is 0 Å². The van der Waals surface area contributed by atoms with Crippen molar-refractivity contribution in [3.8, 4) is 17.6 Å². The summed E-state index contributed by atoms with van der Waals surface area (Å²) >= 11 is 0. The molecule has 5 nitrogen and oxygen atoms in total. The summed E-state index contributed by atoms with van der Waals surface area (Å²) < 4.78 is 47.6. The third-order valence-electron chi connectivity index (χ3n) is 5.08. The van der Waals surface area contributed by atoms with Crippen LogP contribution in [-0.2, 0) is 6.18 Å². The molecular formula is C23H17F3N4O. The Balaban J connectivity index is 1.71. The lowest BCUT2D eigenvalue weighted by Gasteiger charge is -2.10. The van der Waals surface area contributed by atoms with Crippen molar-refractivity contribution in [3.63, 3.8) is 0 Å². The fourth-order valence-electron chi connectivity index (χ4n) is 3.70. The number of aryl methyl sites for hydroxylation is 2. The third kappa shape index (κ3) is 3.39. The molecule has 0 aliphatic carbocycles. The number of halogens is 3. The van der Waals surface area contributed by atoms with Crippen LogP contribution in [0.4, 0.5) is 13.2 Å². The first-order valence-corrected chi connectivity index (χ1v) is 9.59. The molecule has 0 fully saturated rings. The van der Waals surface area contributed by atoms with Crippen LogP contribution in [-0.4, -0.2) is 19.7 Å². The Bertz CT molecular complexity index is 1430. The summed E-state index contributed by atoms with van der Waals surface area (Å²) in [6, 6.07) is 16.5. The molecule has 0 radical (unpaired) electrons. The van der Waals surface area contributed by atoms with Crippen molar-refractivity contribution in [1.29, 1.82) is 0 Å². The van der Waals surface area contributed by atoms with Gasteiger partial charge >= 0.3 is 6.18 Å². The molecule has 0 saturated heterocycles. The number of H-pyrrole nitrogens is 1. The second-order valence-corrected chi connectivity index (χ2v) is 7.41. The average molecular weight is 422 g/mol. The zero-order valence-corrected chi connectivity index (χ0v) is 16.7. The Hall–Kier alpha value is -3.81. The molecule has 0 aliphatic rings. The highest BCUT2D eigenvalue weighted by molar-refractivity contribution is 6.09. The van der Waals surface area contributed by atoms with E-state index < -0.39 is 11.7 Å². The van der Waals surface area contributed by atoms with E-state index in [0.29, 0.717) is 28.5 Å². The van der Waals surface area contributed by atoms with Crippen molar-refractivity contribution in [2.24, 2.45) is 0 Å². The predicted octanol–water partition coefficient (Wildman–Crippen LogP) is 6.33. The Labute approximate surface area is 175 Å². The molecule has 0 aliphatic heterocycles. The maximum absolute atomic E-state index is 13.3. The number of fused-ring (bicyclic) bond motifs is 3. The van der Waals surface area contributed by atoms with Gasteiger partial charge in [0.1, 0.15) is 5.82 Å². The maximum Gasteiger partial charge on any atom is 0.416 e. The number of rotatable bonds is 3. The van der Waals surface area contributed by atoms with Gasteiger partial charge in [0.2, 0.25) is 11.8 Å². The van der Waals surface area contributed by atoms with E-state index in [9.17, 15) is 13.2 Å². The molecule has 5 rings (SSSR count). The van der Waals surface area contributed by atoms with Gasteiger partial charge in [-0.2, -0.15) is 18.2 Å². The summed E-state index contributed by atoms with van der Waals surface area (Å²) in [5.74, 6) is 1.25. The number of pyridine rings is 1. The van der Waals surface area contributed by atoms with E-state index in [0.717, 1.165) is 28.2 Å². The number of benzene rings is 2. The highest BCUT2D eigenvalue weighted by Gasteiger charge is 2.31. The van der Waals surface area contributed by atoms with E-state index in [4.69, 9.17) is 4.74 Å². The number of nitrogens with zero attached hydrogens (tertiary/aromatic N) is 3.